The van der Waals surface area contributed by atoms with Crippen LogP contribution in [0.15, 0.2) is 76.1 Å². The Morgan fingerprint density at radius 3 is 2.21 bits per heavy atom. The molecule has 0 amide bonds. The van der Waals surface area contributed by atoms with Crippen LogP contribution < -0.4 is 5.76 Å². The van der Waals surface area contributed by atoms with Crippen LogP contribution in [0.1, 0.15) is 11.3 Å². The summed E-state index contributed by atoms with van der Waals surface area (Å²) in [7, 11) is 0. The maximum Gasteiger partial charge on any atom is 0.423 e. The molecule has 2 aromatic carbocycles. The van der Waals surface area contributed by atoms with Crippen LogP contribution in [0.2, 0.25) is 0 Å². The lowest BCUT2D eigenvalue weighted by Crippen LogP contribution is -2.14. The number of oxazole rings is 1. The maximum absolute atomic E-state index is 11.8. The van der Waals surface area contributed by atoms with E-state index in [2.05, 4.69) is 0 Å². The third-order valence-corrected chi connectivity index (χ3v) is 3.01. The average Bonchev–Trinajstić information content (AvgIpc) is 2.82. The molecule has 3 heteroatoms. The van der Waals surface area contributed by atoms with Crippen LogP contribution in [-0.2, 0) is 6.42 Å². The molecule has 3 rings (SSSR count). The lowest BCUT2D eigenvalue weighted by Gasteiger charge is -2.05. The fourth-order valence-electron chi connectivity index (χ4n) is 2.12. The molecule has 0 bridgehead atoms. The van der Waals surface area contributed by atoms with Gasteiger partial charge in [-0.1, -0.05) is 48.5 Å². The second-order valence-electron chi connectivity index (χ2n) is 4.33. The van der Waals surface area contributed by atoms with E-state index in [9.17, 15) is 4.79 Å². The van der Waals surface area contributed by atoms with Gasteiger partial charge >= 0.3 is 5.76 Å². The van der Waals surface area contributed by atoms with Gasteiger partial charge in [-0.25, -0.2) is 9.36 Å². The van der Waals surface area contributed by atoms with Crippen molar-refractivity contribution in [2.24, 2.45) is 0 Å². The standard InChI is InChI=1S/C16H13NO2/c18-16-17(14-9-5-2-6-10-14)15(12-19-16)11-13-7-3-1-4-8-13/h1-10,12H,11H2. The second kappa shape index (κ2) is 4.98. The zero-order valence-electron chi connectivity index (χ0n) is 10.3. The van der Waals surface area contributed by atoms with E-state index in [0.717, 1.165) is 16.9 Å². The van der Waals surface area contributed by atoms with Crippen molar-refractivity contribution in [3.05, 3.63) is 88.7 Å². The first-order chi connectivity index (χ1) is 9.34. The minimum Gasteiger partial charge on any atom is -0.416 e. The van der Waals surface area contributed by atoms with E-state index >= 15 is 0 Å². The molecule has 19 heavy (non-hydrogen) atoms. The van der Waals surface area contributed by atoms with Crippen molar-refractivity contribution >= 4 is 0 Å². The van der Waals surface area contributed by atoms with E-state index in [1.165, 1.54) is 6.26 Å². The maximum atomic E-state index is 11.8. The van der Waals surface area contributed by atoms with E-state index in [1.54, 1.807) is 4.57 Å². The number of nitrogens with zero attached hydrogens (tertiary/aromatic N) is 1. The van der Waals surface area contributed by atoms with E-state index in [4.69, 9.17) is 4.42 Å². The normalized spacial score (nSPS) is 10.5. The van der Waals surface area contributed by atoms with Gasteiger partial charge in [0.15, 0.2) is 0 Å². The fourth-order valence-corrected chi connectivity index (χ4v) is 2.12. The van der Waals surface area contributed by atoms with Gasteiger partial charge in [-0.05, 0) is 17.7 Å². The third-order valence-electron chi connectivity index (χ3n) is 3.01. The summed E-state index contributed by atoms with van der Waals surface area (Å²) in [6.07, 6.45) is 2.20. The molecule has 3 nitrogen and oxygen atoms in total. The third kappa shape index (κ3) is 2.36. The first-order valence-electron chi connectivity index (χ1n) is 6.13. The minimum absolute atomic E-state index is 0.350. The summed E-state index contributed by atoms with van der Waals surface area (Å²) in [4.78, 5) is 11.8. The summed E-state index contributed by atoms with van der Waals surface area (Å²) in [6, 6.07) is 19.5. The Balaban J connectivity index is 2.03. The van der Waals surface area contributed by atoms with Crippen molar-refractivity contribution in [3.63, 3.8) is 0 Å². The summed E-state index contributed by atoms with van der Waals surface area (Å²) < 4.78 is 6.63. The second-order valence-corrected chi connectivity index (χ2v) is 4.33. The number of hydrogen-bond acceptors (Lipinski definition) is 2. The zero-order chi connectivity index (χ0) is 13.1. The van der Waals surface area contributed by atoms with Crippen LogP contribution >= 0.6 is 0 Å². The van der Waals surface area contributed by atoms with Crippen LogP contribution in [-0.4, -0.2) is 4.57 Å². The summed E-state index contributed by atoms with van der Waals surface area (Å²) >= 11 is 0. The van der Waals surface area contributed by atoms with Crippen LogP contribution in [0.4, 0.5) is 0 Å². The Hall–Kier alpha value is -2.55. The van der Waals surface area contributed by atoms with Gasteiger partial charge in [0.1, 0.15) is 6.26 Å². The molecule has 0 saturated carbocycles. The highest BCUT2D eigenvalue weighted by Crippen LogP contribution is 2.13. The van der Waals surface area contributed by atoms with E-state index in [1.807, 2.05) is 60.7 Å². The van der Waals surface area contributed by atoms with Crippen molar-refractivity contribution in [1.82, 2.24) is 4.57 Å². The Morgan fingerprint density at radius 1 is 0.895 bits per heavy atom. The molecular weight excluding hydrogens is 238 g/mol. The largest absolute Gasteiger partial charge is 0.423 e. The minimum atomic E-state index is -0.350. The topological polar surface area (TPSA) is 35.1 Å². The molecule has 0 fully saturated rings. The number of rotatable bonds is 3. The molecule has 0 atom stereocenters. The van der Waals surface area contributed by atoms with Crippen molar-refractivity contribution in [1.29, 1.82) is 0 Å². The van der Waals surface area contributed by atoms with Crippen molar-refractivity contribution in [2.45, 2.75) is 6.42 Å². The van der Waals surface area contributed by atoms with Crippen LogP contribution in [0.5, 0.6) is 0 Å². The molecule has 0 radical (unpaired) electrons. The highest BCUT2D eigenvalue weighted by Gasteiger charge is 2.10. The van der Waals surface area contributed by atoms with Gasteiger partial charge in [0.25, 0.3) is 0 Å². The molecule has 0 spiro atoms. The molecule has 0 aliphatic heterocycles. The van der Waals surface area contributed by atoms with E-state index < -0.39 is 0 Å². The Labute approximate surface area is 110 Å². The summed E-state index contributed by atoms with van der Waals surface area (Å²) in [5, 5.41) is 0. The van der Waals surface area contributed by atoms with Gasteiger partial charge in [0.05, 0.1) is 11.4 Å². The molecule has 0 aliphatic rings. The Morgan fingerprint density at radius 2 is 1.53 bits per heavy atom. The zero-order valence-corrected chi connectivity index (χ0v) is 10.3. The highest BCUT2D eigenvalue weighted by atomic mass is 16.4. The van der Waals surface area contributed by atoms with Crippen molar-refractivity contribution in [2.75, 3.05) is 0 Å². The Kier molecular flexibility index (Phi) is 3.02. The van der Waals surface area contributed by atoms with Gasteiger partial charge < -0.3 is 4.42 Å². The molecule has 3 aromatic rings. The molecule has 0 unspecified atom stereocenters. The summed E-state index contributed by atoms with van der Waals surface area (Å²) in [6.45, 7) is 0. The number of hydrogen-bond donors (Lipinski definition) is 0. The molecular formula is C16H13NO2. The van der Waals surface area contributed by atoms with Crippen molar-refractivity contribution in [3.8, 4) is 5.69 Å². The molecule has 1 aromatic heterocycles. The predicted molar refractivity (Wildman–Crippen MR) is 73.6 cm³/mol. The lowest BCUT2D eigenvalue weighted by molar-refractivity contribution is 0.504. The monoisotopic (exact) mass is 251 g/mol. The quantitative estimate of drug-likeness (QED) is 0.717. The smallest absolute Gasteiger partial charge is 0.416 e. The summed E-state index contributed by atoms with van der Waals surface area (Å²) in [5.74, 6) is -0.350. The number of aromatic nitrogens is 1. The SMILES string of the molecule is O=c1occ(Cc2ccccc2)n1-c1ccccc1. The van der Waals surface area contributed by atoms with Gasteiger partial charge in [-0.15, -0.1) is 0 Å². The first-order valence-corrected chi connectivity index (χ1v) is 6.13. The van der Waals surface area contributed by atoms with Crippen molar-refractivity contribution < 1.29 is 4.42 Å². The molecule has 0 aliphatic carbocycles. The van der Waals surface area contributed by atoms with E-state index in [-0.39, 0.29) is 5.76 Å². The average molecular weight is 251 g/mol. The molecule has 1 heterocycles. The number of para-hydroxylation sites is 1. The molecule has 0 saturated heterocycles. The first kappa shape index (κ1) is 11.5. The van der Waals surface area contributed by atoms with E-state index in [0.29, 0.717) is 6.42 Å². The lowest BCUT2D eigenvalue weighted by atomic mass is 10.1. The molecule has 0 N–H and O–H groups in total. The Bertz CT molecular complexity index is 711. The van der Waals surface area contributed by atoms with Gasteiger partial charge in [-0.3, -0.25) is 0 Å². The van der Waals surface area contributed by atoms with Crippen LogP contribution in [0.25, 0.3) is 5.69 Å². The van der Waals surface area contributed by atoms with Crippen LogP contribution in [0.3, 0.4) is 0 Å². The fraction of sp³-hybridized carbons (Fsp3) is 0.0625. The molecule has 94 valence electrons. The van der Waals surface area contributed by atoms with Gasteiger partial charge in [-0.2, -0.15) is 0 Å². The number of benzene rings is 2. The van der Waals surface area contributed by atoms with Crippen LogP contribution in [0, 0.1) is 0 Å². The van der Waals surface area contributed by atoms with Gasteiger partial charge in [0, 0.05) is 6.42 Å². The highest BCUT2D eigenvalue weighted by molar-refractivity contribution is 5.34. The predicted octanol–water partition coefficient (Wildman–Crippen LogP) is 3.02. The van der Waals surface area contributed by atoms with Gasteiger partial charge in [0.2, 0.25) is 0 Å². The summed E-state index contributed by atoms with van der Waals surface area (Å²) in [5.41, 5.74) is 2.82.